The van der Waals surface area contributed by atoms with Gasteiger partial charge in [-0.3, -0.25) is 64.3 Å². The summed E-state index contributed by atoms with van der Waals surface area (Å²) >= 11 is 0. The summed E-state index contributed by atoms with van der Waals surface area (Å²) in [5.74, 6) is -0.250. The third-order valence-electron chi connectivity index (χ3n) is 0.600. The number of phosphoric acid groups is 3. The minimum absolute atomic E-state index is 0. The molecule has 0 aromatic heterocycles. The summed E-state index contributed by atoms with van der Waals surface area (Å²) in [6, 6.07) is 0. The van der Waals surface area contributed by atoms with Crippen LogP contribution in [0.25, 0.3) is 0 Å². The number of hydrogen-bond donors (Lipinski definition) is 9. The predicted molar refractivity (Wildman–Crippen MR) is 79.2 cm³/mol. The Labute approximate surface area is 145 Å². The highest BCUT2D eigenvalue weighted by Crippen LogP contribution is 2.73. The molecule has 0 spiro atoms. The van der Waals surface area contributed by atoms with Gasteiger partial charge in [0.2, 0.25) is 0 Å². The van der Waals surface area contributed by atoms with E-state index < -0.39 is 23.5 Å². The van der Waals surface area contributed by atoms with E-state index in [9.17, 15) is 28.4 Å². The van der Waals surface area contributed by atoms with E-state index in [0.717, 1.165) is 0 Å². The Bertz CT molecular complexity index is 484. The Morgan fingerprint density at radius 1 is 0.577 bits per heavy atom. The second-order valence-corrected chi connectivity index (χ2v) is 7.73. The van der Waals surface area contributed by atoms with Gasteiger partial charge in [-0.15, -0.1) is 0 Å². The zero-order valence-electron chi connectivity index (χ0n) is 12.7. The van der Waals surface area contributed by atoms with Gasteiger partial charge in [0.25, 0.3) is 23.5 Å². The first-order valence-corrected chi connectivity index (χ1v) is 9.17. The fourth-order valence-electron chi connectivity index (χ4n) is 0.412. The summed E-state index contributed by atoms with van der Waals surface area (Å²) in [7, 11) is -16.1. The molecule has 23 heteroatoms. The summed E-state index contributed by atoms with van der Waals surface area (Å²) in [5.41, 5.74) is 27.5. The van der Waals surface area contributed by atoms with Crippen molar-refractivity contribution >= 4 is 41.3 Å². The average molecular weight is 453 g/mol. The standard InChI is InChI=1S/3CH5N3.H3O9P3.2H2O/c3*2-1(3)4;1-10(2)7-11(3,4)9-12(5,6)8-10;;/h3*(H5,2,3,4);(H,1,2)(H,3,4)(H,5,6);2*1H2. The van der Waals surface area contributed by atoms with Crippen molar-refractivity contribution in [2.75, 3.05) is 0 Å². The van der Waals surface area contributed by atoms with Gasteiger partial charge in [0.1, 0.15) is 0 Å². The third-order valence-corrected chi connectivity index (χ3v) is 5.40. The lowest BCUT2D eigenvalue weighted by Gasteiger charge is -2.41. The maximum absolute atomic E-state index is 10.2. The maximum Gasteiger partial charge on any atom is 0.336 e. The average Bonchev–Trinajstić information content (AvgIpc) is 2.03. The topological polar surface area (TPSA) is 444 Å². The van der Waals surface area contributed by atoms with Crippen molar-refractivity contribution in [3.63, 3.8) is 0 Å². The number of rotatable bonds is 0. The van der Waals surface area contributed by atoms with Crippen LogP contribution in [0.3, 0.4) is 0 Å². The Balaban J connectivity index is -0.0000000886. The van der Waals surface area contributed by atoms with Gasteiger partial charge in [0.05, 0.1) is 0 Å². The van der Waals surface area contributed by atoms with Crippen LogP contribution in [0.15, 0.2) is 0 Å². The molecule has 26 heavy (non-hydrogen) atoms. The van der Waals surface area contributed by atoms with Crippen molar-refractivity contribution in [3.05, 3.63) is 0 Å². The summed E-state index contributed by atoms with van der Waals surface area (Å²) in [6.07, 6.45) is 0. The highest BCUT2D eigenvalue weighted by atomic mass is 31.3. The number of hydrogen-bond acceptors (Lipinski definition) is 9. The minimum atomic E-state index is -5.36. The molecule has 0 bridgehead atoms. The molecule has 0 atom stereocenters. The van der Waals surface area contributed by atoms with Crippen LogP contribution in [0.2, 0.25) is 0 Å². The van der Waals surface area contributed by atoms with Gasteiger partial charge in [-0.05, 0) is 0 Å². The normalized spacial score (nSPS) is 28.3. The van der Waals surface area contributed by atoms with Crippen LogP contribution in [0, 0.1) is 0 Å². The van der Waals surface area contributed by atoms with Crippen molar-refractivity contribution in [3.8, 4) is 0 Å². The van der Waals surface area contributed by atoms with Crippen LogP contribution in [0.1, 0.15) is 0 Å². The molecule has 1 rings (SSSR count). The molecular formula is C3H22N9O11P3. The molecule has 1 fully saturated rings. The van der Waals surface area contributed by atoms with Crippen molar-refractivity contribution in [2.24, 2.45) is 34.4 Å². The van der Waals surface area contributed by atoms with E-state index in [0.29, 0.717) is 0 Å². The molecule has 160 valence electrons. The maximum atomic E-state index is 10.2. The molecule has 22 N–H and O–H groups in total. The lowest BCUT2D eigenvalue weighted by atomic mass is 11.1. The molecule has 0 aromatic carbocycles. The predicted octanol–water partition coefficient (Wildman–Crippen LogP) is -12.1. The quantitative estimate of drug-likeness (QED) is 0.0933. The molecule has 1 aliphatic heterocycles. The zero-order chi connectivity index (χ0) is 20.4. The molecule has 0 aromatic rings. The number of nitrogens with two attached hydrogens (primary N) is 9. The minimum Gasteiger partial charge on any atom is -0.756 e. The molecule has 1 aliphatic rings. The first-order chi connectivity index (χ1) is 10.3. The summed E-state index contributed by atoms with van der Waals surface area (Å²) < 4.78 is 40.3. The molecule has 1 heterocycles. The molecule has 0 amide bonds. The van der Waals surface area contributed by atoms with Crippen molar-refractivity contribution < 1.29 is 68.5 Å². The van der Waals surface area contributed by atoms with Gasteiger partial charge in [-0.2, -0.15) is 0 Å². The molecule has 0 saturated carbocycles. The summed E-state index contributed by atoms with van der Waals surface area (Å²) in [6.45, 7) is 0. The van der Waals surface area contributed by atoms with E-state index in [4.69, 9.17) is 0 Å². The molecule has 0 unspecified atom stereocenters. The van der Waals surface area contributed by atoms with Crippen molar-refractivity contribution in [1.29, 1.82) is 0 Å². The van der Waals surface area contributed by atoms with Crippen LogP contribution >= 0.6 is 23.5 Å². The van der Waals surface area contributed by atoms with Crippen LogP contribution in [0.5, 0.6) is 0 Å². The third kappa shape index (κ3) is 38.0. The van der Waals surface area contributed by atoms with Crippen LogP contribution in [-0.2, 0) is 26.6 Å². The van der Waals surface area contributed by atoms with Gasteiger partial charge >= 0.3 is 17.9 Å². The van der Waals surface area contributed by atoms with Crippen LogP contribution in [0.4, 0.5) is 0 Å². The fourth-order valence-corrected chi connectivity index (χ4v) is 4.51. The monoisotopic (exact) mass is 453 g/mol. The summed E-state index contributed by atoms with van der Waals surface area (Å²) in [4.78, 5) is 30.7. The Morgan fingerprint density at radius 3 is 0.731 bits per heavy atom. The second-order valence-electron chi connectivity index (χ2n) is 3.09. The molecule has 20 nitrogen and oxygen atoms in total. The molecule has 0 aliphatic carbocycles. The first-order valence-electron chi connectivity index (χ1n) is 4.79. The molecule has 0 radical (unpaired) electrons. The highest BCUT2D eigenvalue weighted by Gasteiger charge is 2.35. The SMILES string of the molecule is NC(N)=[NH2+].NC(N)=[NH2+].NC(N)=[NH2+].O.O.O=P1([O-])OP(=O)([O-])OP(=O)([O-])O1. The van der Waals surface area contributed by atoms with Crippen molar-refractivity contribution in [2.45, 2.75) is 0 Å². The van der Waals surface area contributed by atoms with Crippen molar-refractivity contribution in [1.82, 2.24) is 0 Å². The van der Waals surface area contributed by atoms with E-state index in [-0.39, 0.29) is 28.8 Å². The Hall–Kier alpha value is -1.82. The smallest absolute Gasteiger partial charge is 0.336 e. The van der Waals surface area contributed by atoms with Crippen LogP contribution in [-0.4, -0.2) is 28.8 Å². The molecular weight excluding hydrogens is 431 g/mol. The van der Waals surface area contributed by atoms with E-state index in [1.165, 1.54) is 0 Å². The molecule has 1 saturated heterocycles. The lowest BCUT2D eigenvalue weighted by Crippen LogP contribution is -2.51. The van der Waals surface area contributed by atoms with Gasteiger partial charge in [0.15, 0.2) is 0 Å². The van der Waals surface area contributed by atoms with Gasteiger partial charge in [-0.1, -0.05) is 0 Å². The summed E-state index contributed by atoms with van der Waals surface area (Å²) in [5, 5.41) is 13.8. The van der Waals surface area contributed by atoms with Gasteiger partial charge in [-0.25, -0.2) is 12.9 Å². The lowest BCUT2D eigenvalue weighted by molar-refractivity contribution is -0.265. The van der Waals surface area contributed by atoms with E-state index in [1.54, 1.807) is 0 Å². The Kier molecular flexibility index (Phi) is 19.5. The zero-order valence-corrected chi connectivity index (χ0v) is 15.4. The van der Waals surface area contributed by atoms with E-state index in [2.05, 4.69) is 63.6 Å². The van der Waals surface area contributed by atoms with E-state index in [1.807, 2.05) is 0 Å². The van der Waals surface area contributed by atoms with Gasteiger partial charge in [0, 0.05) is 0 Å². The van der Waals surface area contributed by atoms with Crippen LogP contribution < -0.4 is 65.3 Å². The van der Waals surface area contributed by atoms with Gasteiger partial charge < -0.3 is 25.6 Å². The first kappa shape index (κ1) is 35.3. The largest absolute Gasteiger partial charge is 0.756 e. The second kappa shape index (κ2) is 14.4. The number of guanidine groups is 3. The highest BCUT2D eigenvalue weighted by molar-refractivity contribution is 7.73. The Morgan fingerprint density at radius 2 is 0.654 bits per heavy atom. The van der Waals surface area contributed by atoms with E-state index >= 15 is 0 Å². The fraction of sp³-hybridized carbons (Fsp3) is 0.